The number of hydrogen-bond acceptors (Lipinski definition) is 6. The molecule has 2 aromatic carbocycles. The summed E-state index contributed by atoms with van der Waals surface area (Å²) in [5.41, 5.74) is 7.35. The number of aromatic nitrogens is 1. The SMILES string of the molecule is Cc1ccc2cccc(OCc3c(Cl)ccc(S(=O)(=O)N4CCC[C@H]4C(=O)NCCCN)c3Cl)c2n1.Cl. The van der Waals surface area contributed by atoms with Crippen LogP contribution in [0.15, 0.2) is 47.4 Å². The summed E-state index contributed by atoms with van der Waals surface area (Å²) < 4.78 is 34.4. The second-order valence-corrected chi connectivity index (χ2v) is 11.3. The van der Waals surface area contributed by atoms with E-state index in [0.29, 0.717) is 49.2 Å². The zero-order valence-corrected chi connectivity index (χ0v) is 23.4. The average molecular weight is 588 g/mol. The van der Waals surface area contributed by atoms with Crippen LogP contribution in [0, 0.1) is 6.92 Å². The number of hydrogen-bond donors (Lipinski definition) is 2. The number of amides is 1. The third-order valence-electron chi connectivity index (χ3n) is 6.12. The zero-order valence-electron chi connectivity index (χ0n) is 20.2. The lowest BCUT2D eigenvalue weighted by Crippen LogP contribution is -2.46. The Hall–Kier alpha value is -2.14. The van der Waals surface area contributed by atoms with Crippen molar-refractivity contribution < 1.29 is 17.9 Å². The summed E-state index contributed by atoms with van der Waals surface area (Å²) >= 11 is 13.0. The van der Waals surface area contributed by atoms with Crippen LogP contribution >= 0.6 is 35.6 Å². The number of halogens is 3. The molecule has 1 aliphatic rings. The number of sulfonamides is 1. The summed E-state index contributed by atoms with van der Waals surface area (Å²) in [5.74, 6) is 0.197. The minimum Gasteiger partial charge on any atom is -0.487 e. The number of rotatable bonds is 9. The third kappa shape index (κ3) is 6.30. The number of fused-ring (bicyclic) bond motifs is 1. The van der Waals surface area contributed by atoms with E-state index in [9.17, 15) is 13.2 Å². The molecule has 0 aliphatic carbocycles. The normalized spacial score (nSPS) is 15.9. The van der Waals surface area contributed by atoms with Gasteiger partial charge in [-0.15, -0.1) is 12.4 Å². The fraction of sp³-hybridized carbons (Fsp3) is 0.360. The molecule has 0 spiro atoms. The van der Waals surface area contributed by atoms with E-state index in [1.165, 1.54) is 16.4 Å². The van der Waals surface area contributed by atoms with Gasteiger partial charge in [0.05, 0.1) is 5.02 Å². The first kappa shape index (κ1) is 29.4. The number of aryl methyl sites for hydroxylation is 1. The molecule has 1 aromatic heterocycles. The standard InChI is InChI=1S/C25H28Cl2N4O4S.ClH/c1-16-8-9-17-5-2-7-21(24(17)30-16)35-15-18-19(26)10-11-22(23(18)27)36(33,34)31-14-3-6-20(31)25(32)29-13-4-12-28;/h2,5,7-11,20H,3-4,6,12-15,28H2,1H3,(H,29,32);1H/t20-;/m0./s1. The van der Waals surface area contributed by atoms with Gasteiger partial charge in [-0.1, -0.05) is 41.4 Å². The molecule has 12 heteroatoms. The van der Waals surface area contributed by atoms with Crippen LogP contribution in [0.4, 0.5) is 0 Å². The Balaban J connectivity index is 0.00000380. The fourth-order valence-corrected chi connectivity index (χ4v) is 6.76. The number of carbonyl (C=O) groups is 1. The van der Waals surface area contributed by atoms with Crippen molar-refractivity contribution in [2.45, 2.75) is 43.7 Å². The molecule has 0 bridgehead atoms. The summed E-state index contributed by atoms with van der Waals surface area (Å²) in [7, 11) is -4.07. The lowest BCUT2D eigenvalue weighted by Gasteiger charge is -2.24. The third-order valence-corrected chi connectivity index (χ3v) is 8.97. The second-order valence-electron chi connectivity index (χ2n) is 8.61. The van der Waals surface area contributed by atoms with E-state index in [1.807, 2.05) is 31.2 Å². The van der Waals surface area contributed by atoms with E-state index in [-0.39, 0.29) is 46.4 Å². The smallest absolute Gasteiger partial charge is 0.245 e. The quantitative estimate of drug-likeness (QED) is 0.357. The van der Waals surface area contributed by atoms with Crippen molar-refractivity contribution in [2.24, 2.45) is 5.73 Å². The molecule has 0 saturated carbocycles. The van der Waals surface area contributed by atoms with E-state index in [1.54, 1.807) is 6.07 Å². The van der Waals surface area contributed by atoms with Crippen LogP contribution in [0.2, 0.25) is 10.0 Å². The van der Waals surface area contributed by atoms with E-state index >= 15 is 0 Å². The summed E-state index contributed by atoms with van der Waals surface area (Å²) in [6, 6.07) is 11.5. The first-order valence-electron chi connectivity index (χ1n) is 11.7. The molecule has 37 heavy (non-hydrogen) atoms. The topological polar surface area (TPSA) is 115 Å². The van der Waals surface area contributed by atoms with Crippen molar-refractivity contribution in [1.29, 1.82) is 0 Å². The fourth-order valence-electron chi connectivity index (χ4n) is 4.24. The second kappa shape index (κ2) is 12.6. The van der Waals surface area contributed by atoms with Crippen LogP contribution in [0.5, 0.6) is 5.75 Å². The minimum absolute atomic E-state index is 0. The summed E-state index contributed by atoms with van der Waals surface area (Å²) in [6.07, 6.45) is 1.62. The maximum Gasteiger partial charge on any atom is 0.245 e. The van der Waals surface area contributed by atoms with E-state index in [4.69, 9.17) is 33.7 Å². The number of nitrogens with one attached hydrogen (secondary N) is 1. The predicted octanol–water partition coefficient (Wildman–Crippen LogP) is 4.47. The van der Waals surface area contributed by atoms with Gasteiger partial charge in [0.2, 0.25) is 15.9 Å². The lowest BCUT2D eigenvalue weighted by molar-refractivity contribution is -0.124. The van der Waals surface area contributed by atoms with Gasteiger partial charge in [0.15, 0.2) is 0 Å². The highest BCUT2D eigenvalue weighted by Gasteiger charge is 2.40. The zero-order chi connectivity index (χ0) is 25.9. The van der Waals surface area contributed by atoms with Gasteiger partial charge in [-0.3, -0.25) is 4.79 Å². The number of benzene rings is 2. The van der Waals surface area contributed by atoms with Crippen molar-refractivity contribution in [3.05, 3.63) is 63.8 Å². The molecule has 200 valence electrons. The summed E-state index contributed by atoms with van der Waals surface area (Å²) in [5, 5.41) is 3.93. The molecule has 8 nitrogen and oxygen atoms in total. The Morgan fingerprint density at radius 3 is 2.76 bits per heavy atom. The van der Waals surface area contributed by atoms with Gasteiger partial charge in [0.1, 0.15) is 28.8 Å². The summed E-state index contributed by atoms with van der Waals surface area (Å²) in [4.78, 5) is 17.1. The maximum absolute atomic E-state index is 13.6. The molecule has 1 saturated heterocycles. The number of ether oxygens (including phenoxy) is 1. The Bertz CT molecular complexity index is 1390. The van der Waals surface area contributed by atoms with Gasteiger partial charge in [0.25, 0.3) is 0 Å². The van der Waals surface area contributed by atoms with E-state index < -0.39 is 16.1 Å². The van der Waals surface area contributed by atoms with Gasteiger partial charge in [-0.2, -0.15) is 4.31 Å². The van der Waals surface area contributed by atoms with Gasteiger partial charge >= 0.3 is 0 Å². The first-order chi connectivity index (χ1) is 17.2. The molecule has 0 radical (unpaired) electrons. The minimum atomic E-state index is -4.07. The van der Waals surface area contributed by atoms with Crippen molar-refractivity contribution in [3.8, 4) is 5.75 Å². The molecule has 4 rings (SSSR count). The highest BCUT2D eigenvalue weighted by atomic mass is 35.5. The molecule has 0 unspecified atom stereocenters. The Morgan fingerprint density at radius 1 is 1.22 bits per heavy atom. The van der Waals surface area contributed by atoms with E-state index in [0.717, 1.165) is 11.1 Å². The number of carbonyl (C=O) groups excluding carboxylic acids is 1. The van der Waals surface area contributed by atoms with Crippen molar-refractivity contribution in [3.63, 3.8) is 0 Å². The van der Waals surface area contributed by atoms with Crippen LogP contribution in [0.3, 0.4) is 0 Å². The molecule has 3 aromatic rings. The lowest BCUT2D eigenvalue weighted by atomic mass is 10.2. The molecular weight excluding hydrogens is 559 g/mol. The van der Waals surface area contributed by atoms with Gasteiger partial charge < -0.3 is 15.8 Å². The Kier molecular flexibility index (Phi) is 10.0. The van der Waals surface area contributed by atoms with Crippen LogP contribution in [0.25, 0.3) is 10.9 Å². The maximum atomic E-state index is 13.6. The van der Waals surface area contributed by atoms with Crippen molar-refractivity contribution in [2.75, 3.05) is 19.6 Å². The molecule has 3 N–H and O–H groups in total. The number of pyridine rings is 1. The van der Waals surface area contributed by atoms with Crippen LogP contribution in [-0.4, -0.2) is 49.3 Å². The van der Waals surface area contributed by atoms with Crippen molar-refractivity contribution in [1.82, 2.24) is 14.6 Å². The van der Waals surface area contributed by atoms with E-state index in [2.05, 4.69) is 10.3 Å². The predicted molar refractivity (Wildman–Crippen MR) is 148 cm³/mol. The molecule has 1 atom stereocenters. The van der Waals surface area contributed by atoms with Crippen LogP contribution in [-0.2, 0) is 21.4 Å². The Morgan fingerprint density at radius 2 is 2.00 bits per heavy atom. The molecular formula is C25H29Cl3N4O4S. The van der Waals surface area contributed by atoms with Gasteiger partial charge in [-0.25, -0.2) is 13.4 Å². The monoisotopic (exact) mass is 586 g/mol. The number of nitrogens with zero attached hydrogens (tertiary/aromatic N) is 2. The number of para-hydroxylation sites is 1. The average Bonchev–Trinajstić information content (AvgIpc) is 3.35. The molecule has 2 heterocycles. The molecule has 1 fully saturated rings. The Labute approximate surface area is 232 Å². The van der Waals surface area contributed by atoms with Gasteiger partial charge in [0, 0.05) is 34.8 Å². The molecule has 1 aliphatic heterocycles. The van der Waals surface area contributed by atoms with Crippen LogP contribution < -0.4 is 15.8 Å². The van der Waals surface area contributed by atoms with Crippen LogP contribution in [0.1, 0.15) is 30.5 Å². The van der Waals surface area contributed by atoms with Gasteiger partial charge in [-0.05, 0) is 57.0 Å². The molecule has 1 amide bonds. The highest BCUT2D eigenvalue weighted by Crippen LogP contribution is 2.36. The van der Waals surface area contributed by atoms with Crippen molar-refractivity contribution >= 4 is 62.4 Å². The summed E-state index contributed by atoms with van der Waals surface area (Å²) in [6.45, 7) is 2.89. The largest absolute Gasteiger partial charge is 0.487 e. The number of nitrogens with two attached hydrogens (primary N) is 1. The first-order valence-corrected chi connectivity index (χ1v) is 13.9. The highest BCUT2D eigenvalue weighted by molar-refractivity contribution is 7.89.